The van der Waals surface area contributed by atoms with Crippen LogP contribution in [0.5, 0.6) is 0 Å². The number of hydrogen-bond acceptors (Lipinski definition) is 7. The summed E-state index contributed by atoms with van der Waals surface area (Å²) in [5.41, 5.74) is 0.630. The molecule has 0 spiro atoms. The molecule has 2 aromatic rings. The van der Waals surface area contributed by atoms with E-state index in [0.717, 1.165) is 31.7 Å². The smallest absolute Gasteiger partial charge is 0.255 e. The van der Waals surface area contributed by atoms with E-state index in [4.69, 9.17) is 9.26 Å². The lowest BCUT2D eigenvalue weighted by Crippen LogP contribution is -2.45. The second-order valence-corrected chi connectivity index (χ2v) is 7.81. The summed E-state index contributed by atoms with van der Waals surface area (Å²) < 4.78 is 11.1. The second-order valence-electron chi connectivity index (χ2n) is 7.81. The third kappa shape index (κ3) is 4.01. The standard InChI is InChI=1S/C20H27N5O3/c1-13-11-25(12-14(2)27-13)18-5-4-17(10-21-18)20(26)24-8-6-16(7-9-24)19-22-15(3)23-28-19/h4-5,10,13-14,16H,6-9,11-12H2,1-3H3. The molecular formula is C20H27N5O3. The zero-order valence-corrected chi connectivity index (χ0v) is 16.7. The topological polar surface area (TPSA) is 84.6 Å². The number of anilines is 1. The normalized spacial score (nSPS) is 23.8. The van der Waals surface area contributed by atoms with Crippen molar-refractivity contribution in [1.82, 2.24) is 20.0 Å². The van der Waals surface area contributed by atoms with Crippen molar-refractivity contribution in [1.29, 1.82) is 0 Å². The fraction of sp³-hybridized carbons (Fsp3) is 0.600. The third-order valence-corrected chi connectivity index (χ3v) is 5.41. The van der Waals surface area contributed by atoms with Gasteiger partial charge in [0, 0.05) is 38.3 Å². The average Bonchev–Trinajstić information content (AvgIpc) is 3.13. The van der Waals surface area contributed by atoms with Crippen molar-refractivity contribution >= 4 is 11.7 Å². The van der Waals surface area contributed by atoms with Gasteiger partial charge in [-0.3, -0.25) is 4.79 Å². The van der Waals surface area contributed by atoms with Crippen LogP contribution >= 0.6 is 0 Å². The summed E-state index contributed by atoms with van der Waals surface area (Å²) in [6.45, 7) is 8.96. The number of rotatable bonds is 3. The Morgan fingerprint density at radius 1 is 1.14 bits per heavy atom. The Hall–Kier alpha value is -2.48. The van der Waals surface area contributed by atoms with Crippen molar-refractivity contribution in [2.45, 2.75) is 51.7 Å². The van der Waals surface area contributed by atoms with Gasteiger partial charge < -0.3 is 19.1 Å². The van der Waals surface area contributed by atoms with Crippen molar-refractivity contribution in [2.75, 3.05) is 31.1 Å². The fourth-order valence-corrected chi connectivity index (χ4v) is 4.06. The highest BCUT2D eigenvalue weighted by Crippen LogP contribution is 2.27. The van der Waals surface area contributed by atoms with E-state index >= 15 is 0 Å². The molecule has 0 radical (unpaired) electrons. The Bertz CT molecular complexity index is 804. The SMILES string of the molecule is Cc1noc(C2CCN(C(=O)c3ccc(N4CC(C)OC(C)C4)nc3)CC2)n1. The lowest BCUT2D eigenvalue weighted by molar-refractivity contribution is -0.00546. The van der Waals surface area contributed by atoms with Gasteiger partial charge in [-0.25, -0.2) is 4.98 Å². The molecule has 28 heavy (non-hydrogen) atoms. The van der Waals surface area contributed by atoms with E-state index in [1.807, 2.05) is 24.0 Å². The molecule has 4 rings (SSSR count). The number of ether oxygens (including phenoxy) is 1. The van der Waals surface area contributed by atoms with E-state index in [1.54, 1.807) is 6.20 Å². The number of aryl methyl sites for hydroxylation is 1. The molecule has 2 aliphatic heterocycles. The molecule has 4 heterocycles. The van der Waals surface area contributed by atoms with E-state index in [-0.39, 0.29) is 24.0 Å². The predicted octanol–water partition coefficient (Wildman–Crippen LogP) is 2.41. The lowest BCUT2D eigenvalue weighted by atomic mass is 9.96. The number of carbonyl (C=O) groups excluding carboxylic acids is 1. The van der Waals surface area contributed by atoms with E-state index in [0.29, 0.717) is 30.4 Å². The van der Waals surface area contributed by atoms with Crippen molar-refractivity contribution < 1.29 is 14.1 Å². The Kier molecular flexibility index (Phi) is 5.30. The van der Waals surface area contributed by atoms with Gasteiger partial charge in [-0.1, -0.05) is 5.16 Å². The van der Waals surface area contributed by atoms with Gasteiger partial charge in [0.05, 0.1) is 17.8 Å². The minimum Gasteiger partial charge on any atom is -0.372 e. The van der Waals surface area contributed by atoms with Crippen LogP contribution in [0.1, 0.15) is 54.7 Å². The van der Waals surface area contributed by atoms with Gasteiger partial charge >= 0.3 is 0 Å². The molecule has 2 fully saturated rings. The number of amides is 1. The quantitative estimate of drug-likeness (QED) is 0.802. The molecular weight excluding hydrogens is 358 g/mol. The Labute approximate surface area is 164 Å². The Morgan fingerprint density at radius 3 is 2.43 bits per heavy atom. The molecule has 0 bridgehead atoms. The van der Waals surface area contributed by atoms with Crippen molar-refractivity contribution in [2.24, 2.45) is 0 Å². The van der Waals surface area contributed by atoms with Gasteiger partial charge in [-0.2, -0.15) is 4.98 Å². The first-order chi connectivity index (χ1) is 13.5. The maximum Gasteiger partial charge on any atom is 0.255 e. The molecule has 0 aliphatic carbocycles. The van der Waals surface area contributed by atoms with E-state index in [2.05, 4.69) is 33.9 Å². The first-order valence-electron chi connectivity index (χ1n) is 9.95. The van der Waals surface area contributed by atoms with E-state index < -0.39 is 0 Å². The number of morpholine rings is 1. The van der Waals surface area contributed by atoms with Gasteiger partial charge in [0.2, 0.25) is 5.89 Å². The van der Waals surface area contributed by atoms with Gasteiger partial charge in [-0.05, 0) is 45.7 Å². The van der Waals surface area contributed by atoms with Crippen LogP contribution in [0.3, 0.4) is 0 Å². The number of pyridine rings is 1. The van der Waals surface area contributed by atoms with Gasteiger partial charge in [0.1, 0.15) is 5.82 Å². The number of carbonyl (C=O) groups is 1. The largest absolute Gasteiger partial charge is 0.372 e. The van der Waals surface area contributed by atoms with E-state index in [1.165, 1.54) is 0 Å². The molecule has 2 aromatic heterocycles. The highest BCUT2D eigenvalue weighted by Gasteiger charge is 2.28. The van der Waals surface area contributed by atoms with Crippen molar-refractivity contribution in [3.8, 4) is 0 Å². The summed E-state index contributed by atoms with van der Waals surface area (Å²) in [5, 5.41) is 3.86. The number of piperidine rings is 1. The van der Waals surface area contributed by atoms with Gasteiger partial charge in [0.15, 0.2) is 5.82 Å². The second kappa shape index (κ2) is 7.87. The molecule has 2 atom stereocenters. The number of aromatic nitrogens is 3. The van der Waals surface area contributed by atoms with Crippen LogP contribution in [0.4, 0.5) is 5.82 Å². The highest BCUT2D eigenvalue weighted by atomic mass is 16.5. The minimum absolute atomic E-state index is 0.0305. The van der Waals surface area contributed by atoms with E-state index in [9.17, 15) is 4.79 Å². The molecule has 8 nitrogen and oxygen atoms in total. The van der Waals surface area contributed by atoms with Crippen LogP contribution in [0.2, 0.25) is 0 Å². The van der Waals surface area contributed by atoms with Crippen LogP contribution in [0, 0.1) is 6.92 Å². The zero-order valence-electron chi connectivity index (χ0n) is 16.7. The molecule has 150 valence electrons. The maximum absolute atomic E-state index is 12.8. The summed E-state index contributed by atoms with van der Waals surface area (Å²) in [6, 6.07) is 3.81. The predicted molar refractivity (Wildman–Crippen MR) is 103 cm³/mol. The monoisotopic (exact) mass is 385 g/mol. The van der Waals surface area contributed by atoms with Crippen molar-refractivity contribution in [3.63, 3.8) is 0 Å². The highest BCUT2D eigenvalue weighted by molar-refractivity contribution is 5.94. The molecule has 0 N–H and O–H groups in total. The summed E-state index contributed by atoms with van der Waals surface area (Å²) in [5.74, 6) is 2.50. The van der Waals surface area contributed by atoms with Gasteiger partial charge in [0.25, 0.3) is 5.91 Å². The summed E-state index contributed by atoms with van der Waals surface area (Å²) in [7, 11) is 0. The third-order valence-electron chi connectivity index (χ3n) is 5.41. The van der Waals surface area contributed by atoms with Crippen LogP contribution < -0.4 is 4.90 Å². The molecule has 2 aliphatic rings. The zero-order chi connectivity index (χ0) is 19.7. The molecule has 8 heteroatoms. The molecule has 0 saturated carbocycles. The first kappa shape index (κ1) is 18.9. The molecule has 1 amide bonds. The summed E-state index contributed by atoms with van der Waals surface area (Å²) in [6.07, 6.45) is 3.72. The molecule has 0 aromatic carbocycles. The summed E-state index contributed by atoms with van der Waals surface area (Å²) in [4.78, 5) is 25.8. The maximum atomic E-state index is 12.8. The molecule has 2 saturated heterocycles. The van der Waals surface area contributed by atoms with Crippen LogP contribution in [0.25, 0.3) is 0 Å². The lowest BCUT2D eigenvalue weighted by Gasteiger charge is -2.36. The van der Waals surface area contributed by atoms with Crippen LogP contribution in [0.15, 0.2) is 22.9 Å². The Morgan fingerprint density at radius 2 is 1.86 bits per heavy atom. The fourth-order valence-electron chi connectivity index (χ4n) is 4.06. The number of nitrogens with zero attached hydrogens (tertiary/aromatic N) is 5. The Balaban J connectivity index is 1.36. The number of likely N-dealkylation sites (tertiary alicyclic amines) is 1. The average molecular weight is 385 g/mol. The van der Waals surface area contributed by atoms with Crippen LogP contribution in [-0.2, 0) is 4.74 Å². The molecule has 2 unspecified atom stereocenters. The minimum atomic E-state index is 0.0305. The van der Waals surface area contributed by atoms with Gasteiger partial charge in [-0.15, -0.1) is 0 Å². The first-order valence-corrected chi connectivity index (χ1v) is 9.95. The summed E-state index contributed by atoms with van der Waals surface area (Å²) >= 11 is 0. The van der Waals surface area contributed by atoms with Crippen molar-refractivity contribution in [3.05, 3.63) is 35.6 Å². The van der Waals surface area contributed by atoms with Crippen LogP contribution in [-0.4, -0.2) is 64.3 Å². The number of hydrogen-bond donors (Lipinski definition) is 0.